The van der Waals surface area contributed by atoms with Crippen molar-refractivity contribution in [2.24, 2.45) is 0 Å². The number of carbonyl (C=O) groups excluding carboxylic acids is 1. The van der Waals surface area contributed by atoms with E-state index in [1.54, 1.807) is 4.90 Å². The van der Waals surface area contributed by atoms with Crippen molar-refractivity contribution in [1.82, 2.24) is 25.1 Å². The molecule has 0 bridgehead atoms. The van der Waals surface area contributed by atoms with E-state index in [-0.39, 0.29) is 5.91 Å². The van der Waals surface area contributed by atoms with Crippen molar-refractivity contribution in [1.29, 1.82) is 0 Å². The first kappa shape index (κ1) is 12.4. The lowest BCUT2D eigenvalue weighted by Crippen LogP contribution is -2.48. The molecule has 3 heterocycles. The first-order valence-corrected chi connectivity index (χ1v) is 6.31. The molecule has 1 amide bonds. The second-order valence-electron chi connectivity index (χ2n) is 4.55. The summed E-state index contributed by atoms with van der Waals surface area (Å²) < 4.78 is 0. The zero-order chi connectivity index (χ0) is 14.1. The third-order valence-electron chi connectivity index (χ3n) is 3.43. The molecule has 8 nitrogen and oxygen atoms in total. The molecule has 1 fully saturated rings. The maximum atomic E-state index is 11.6. The Hall–Kier alpha value is -2.64. The van der Waals surface area contributed by atoms with E-state index in [9.17, 15) is 4.79 Å². The lowest BCUT2D eigenvalue weighted by atomic mass is 10.2. The van der Waals surface area contributed by atoms with Crippen molar-refractivity contribution >= 4 is 28.6 Å². The van der Waals surface area contributed by atoms with Gasteiger partial charge in [0, 0.05) is 26.2 Å². The summed E-state index contributed by atoms with van der Waals surface area (Å²) in [6, 6.07) is 0. The molecule has 0 atom stereocenters. The molecule has 104 valence electrons. The van der Waals surface area contributed by atoms with Gasteiger partial charge in [0.2, 0.25) is 5.91 Å². The monoisotopic (exact) mass is 273 g/mol. The Kier molecular flexibility index (Phi) is 2.97. The van der Waals surface area contributed by atoms with Gasteiger partial charge >= 0.3 is 0 Å². The van der Waals surface area contributed by atoms with Gasteiger partial charge in [-0.25, -0.2) is 9.97 Å². The van der Waals surface area contributed by atoms with Crippen LogP contribution in [-0.2, 0) is 4.79 Å². The summed E-state index contributed by atoms with van der Waals surface area (Å²) in [4.78, 5) is 23.5. The number of hydrogen-bond acceptors (Lipinski definition) is 6. The molecular formula is C12H15N7O. The Morgan fingerprint density at radius 1 is 1.35 bits per heavy atom. The number of nitrogens with one attached hydrogen (secondary N) is 1. The molecule has 8 heteroatoms. The number of amides is 1. The van der Waals surface area contributed by atoms with E-state index < -0.39 is 0 Å². The molecule has 0 aromatic carbocycles. The number of nitrogens with two attached hydrogens (primary N) is 1. The van der Waals surface area contributed by atoms with Crippen molar-refractivity contribution in [2.75, 3.05) is 36.8 Å². The summed E-state index contributed by atoms with van der Waals surface area (Å²) in [5.41, 5.74) is 6.51. The van der Waals surface area contributed by atoms with Crippen LogP contribution in [0.5, 0.6) is 0 Å². The lowest BCUT2D eigenvalue weighted by Gasteiger charge is -2.34. The Balaban J connectivity index is 1.84. The summed E-state index contributed by atoms with van der Waals surface area (Å²) >= 11 is 0. The van der Waals surface area contributed by atoms with Crippen LogP contribution in [0.1, 0.15) is 0 Å². The molecule has 1 aliphatic rings. The zero-order valence-electron chi connectivity index (χ0n) is 10.9. The predicted octanol–water partition coefficient (Wildman–Crippen LogP) is -0.230. The van der Waals surface area contributed by atoms with Crippen molar-refractivity contribution < 1.29 is 4.79 Å². The smallest absolute Gasteiger partial charge is 0.246 e. The van der Waals surface area contributed by atoms with Crippen LogP contribution in [0.2, 0.25) is 0 Å². The largest absolute Gasteiger partial charge is 0.383 e. The SMILES string of the molecule is C=CC(=O)N1CCN(c2n[nH]c3ncnc(N)c23)CC1. The van der Waals surface area contributed by atoms with E-state index in [1.807, 2.05) is 0 Å². The summed E-state index contributed by atoms with van der Waals surface area (Å²) in [6.45, 7) is 6.14. The number of aromatic amines is 1. The number of aromatic nitrogens is 4. The minimum absolute atomic E-state index is 0.0422. The number of rotatable bonds is 2. The molecule has 3 rings (SSSR count). The van der Waals surface area contributed by atoms with Crippen molar-refractivity contribution in [2.45, 2.75) is 0 Å². The predicted molar refractivity (Wildman–Crippen MR) is 75.1 cm³/mol. The van der Waals surface area contributed by atoms with Gasteiger partial charge < -0.3 is 15.5 Å². The summed E-state index contributed by atoms with van der Waals surface area (Å²) in [5.74, 6) is 1.10. The minimum atomic E-state index is -0.0422. The fourth-order valence-corrected chi connectivity index (χ4v) is 2.36. The first-order chi connectivity index (χ1) is 9.70. The number of carbonyl (C=O) groups is 1. The van der Waals surface area contributed by atoms with Gasteiger partial charge in [-0.3, -0.25) is 9.89 Å². The molecule has 1 aliphatic heterocycles. The third-order valence-corrected chi connectivity index (χ3v) is 3.43. The average Bonchev–Trinajstić information content (AvgIpc) is 2.92. The van der Waals surface area contributed by atoms with E-state index in [4.69, 9.17) is 5.73 Å². The lowest BCUT2D eigenvalue weighted by molar-refractivity contribution is -0.126. The number of nitrogen functional groups attached to an aromatic ring is 1. The molecule has 2 aromatic rings. The molecule has 1 saturated heterocycles. The minimum Gasteiger partial charge on any atom is -0.383 e. The Labute approximate surface area is 115 Å². The highest BCUT2D eigenvalue weighted by Crippen LogP contribution is 2.27. The molecule has 0 aliphatic carbocycles. The number of H-pyrrole nitrogens is 1. The molecule has 2 aromatic heterocycles. The molecule has 0 unspecified atom stereocenters. The fraction of sp³-hybridized carbons (Fsp3) is 0.333. The third kappa shape index (κ3) is 1.94. The zero-order valence-corrected chi connectivity index (χ0v) is 10.9. The average molecular weight is 273 g/mol. The molecule has 0 radical (unpaired) electrons. The van der Waals surface area contributed by atoms with Gasteiger partial charge in [-0.2, -0.15) is 5.10 Å². The van der Waals surface area contributed by atoms with E-state index >= 15 is 0 Å². The van der Waals surface area contributed by atoms with Crippen LogP contribution in [0.4, 0.5) is 11.6 Å². The summed E-state index contributed by atoms with van der Waals surface area (Å²) in [7, 11) is 0. The van der Waals surface area contributed by atoms with Crippen molar-refractivity contribution in [3.63, 3.8) is 0 Å². The number of nitrogens with zero attached hydrogens (tertiary/aromatic N) is 5. The van der Waals surface area contributed by atoms with Crippen molar-refractivity contribution in [3.8, 4) is 0 Å². The second-order valence-corrected chi connectivity index (χ2v) is 4.55. The van der Waals surface area contributed by atoms with Gasteiger partial charge in [-0.1, -0.05) is 6.58 Å². The standard InChI is InChI=1S/C12H15N7O/c1-2-8(20)18-3-5-19(6-4-18)12-9-10(13)14-7-15-11(9)16-17-12/h2,7H,1,3-6H2,(H3,13,14,15,16,17). The van der Waals surface area contributed by atoms with Crippen molar-refractivity contribution in [3.05, 3.63) is 19.0 Å². The van der Waals surface area contributed by atoms with E-state index in [2.05, 4.69) is 31.6 Å². The Morgan fingerprint density at radius 3 is 2.80 bits per heavy atom. The number of hydrogen-bond donors (Lipinski definition) is 2. The first-order valence-electron chi connectivity index (χ1n) is 6.31. The number of fused-ring (bicyclic) bond motifs is 1. The Morgan fingerprint density at radius 2 is 2.10 bits per heavy atom. The van der Waals surface area contributed by atoms with Gasteiger partial charge in [0.05, 0.1) is 0 Å². The van der Waals surface area contributed by atoms with Crippen LogP contribution in [0.25, 0.3) is 11.0 Å². The van der Waals surface area contributed by atoms with Gasteiger partial charge in [0.25, 0.3) is 0 Å². The molecular weight excluding hydrogens is 258 g/mol. The highest BCUT2D eigenvalue weighted by molar-refractivity contribution is 5.95. The number of piperazine rings is 1. The van der Waals surface area contributed by atoms with E-state index in [0.29, 0.717) is 37.6 Å². The second kappa shape index (κ2) is 4.80. The van der Waals surface area contributed by atoms with E-state index in [0.717, 1.165) is 11.2 Å². The van der Waals surface area contributed by atoms with Crippen LogP contribution >= 0.6 is 0 Å². The molecule has 0 saturated carbocycles. The normalized spacial score (nSPS) is 15.6. The quantitative estimate of drug-likeness (QED) is 0.732. The van der Waals surface area contributed by atoms with Crippen LogP contribution < -0.4 is 10.6 Å². The Bertz CT molecular complexity index is 657. The maximum Gasteiger partial charge on any atom is 0.246 e. The maximum absolute atomic E-state index is 11.6. The fourth-order valence-electron chi connectivity index (χ4n) is 2.36. The van der Waals surface area contributed by atoms with Crippen LogP contribution in [0, 0.1) is 0 Å². The van der Waals surface area contributed by atoms with Crippen LogP contribution in [-0.4, -0.2) is 57.2 Å². The van der Waals surface area contributed by atoms with Crippen LogP contribution in [0.3, 0.4) is 0 Å². The highest BCUT2D eigenvalue weighted by atomic mass is 16.2. The molecule has 0 spiro atoms. The highest BCUT2D eigenvalue weighted by Gasteiger charge is 2.23. The van der Waals surface area contributed by atoms with E-state index in [1.165, 1.54) is 12.4 Å². The summed E-state index contributed by atoms with van der Waals surface area (Å²) in [5, 5.41) is 7.85. The molecule has 3 N–H and O–H groups in total. The van der Waals surface area contributed by atoms with Gasteiger partial charge in [0.15, 0.2) is 11.5 Å². The van der Waals surface area contributed by atoms with Gasteiger partial charge in [-0.05, 0) is 6.08 Å². The topological polar surface area (TPSA) is 104 Å². The van der Waals surface area contributed by atoms with Gasteiger partial charge in [-0.15, -0.1) is 0 Å². The van der Waals surface area contributed by atoms with Crippen LogP contribution in [0.15, 0.2) is 19.0 Å². The summed E-state index contributed by atoms with van der Waals surface area (Å²) in [6.07, 6.45) is 2.74. The van der Waals surface area contributed by atoms with Gasteiger partial charge in [0.1, 0.15) is 17.5 Å². The number of anilines is 2. The molecule has 20 heavy (non-hydrogen) atoms.